The van der Waals surface area contributed by atoms with Crippen LogP contribution < -0.4 is 0 Å². The van der Waals surface area contributed by atoms with Crippen molar-refractivity contribution in [3.05, 3.63) is 0 Å². The van der Waals surface area contributed by atoms with E-state index in [9.17, 15) is 0 Å². The second kappa shape index (κ2) is 5.30. The van der Waals surface area contributed by atoms with E-state index in [1.165, 1.54) is 6.21 Å². The molecule has 0 aromatic carbocycles. The topological polar surface area (TPSA) is 47.6 Å². The highest BCUT2D eigenvalue weighted by molar-refractivity contribution is 5.52. The third-order valence-corrected chi connectivity index (χ3v) is 1.24. The SMILES string of the molecule is CC(CC#N)CCC=N. The maximum atomic E-state index is 8.23. The van der Waals surface area contributed by atoms with Crippen LogP contribution in [0.4, 0.5) is 0 Å². The van der Waals surface area contributed by atoms with Crippen LogP contribution in [-0.2, 0) is 0 Å². The molecule has 2 heteroatoms. The molecule has 1 unspecified atom stereocenters. The van der Waals surface area contributed by atoms with Gasteiger partial charge in [0.25, 0.3) is 0 Å². The highest BCUT2D eigenvalue weighted by atomic mass is 14.3. The van der Waals surface area contributed by atoms with Gasteiger partial charge in [0.1, 0.15) is 0 Å². The zero-order chi connectivity index (χ0) is 7.11. The third kappa shape index (κ3) is 5.02. The van der Waals surface area contributed by atoms with E-state index in [4.69, 9.17) is 10.7 Å². The van der Waals surface area contributed by atoms with E-state index >= 15 is 0 Å². The Hall–Kier alpha value is -0.840. The maximum Gasteiger partial charge on any atom is 0.0624 e. The van der Waals surface area contributed by atoms with Crippen LogP contribution in [0.25, 0.3) is 0 Å². The summed E-state index contributed by atoms with van der Waals surface area (Å²) in [5.74, 6) is 0.455. The summed E-state index contributed by atoms with van der Waals surface area (Å²) < 4.78 is 0. The summed E-state index contributed by atoms with van der Waals surface area (Å²) in [5.41, 5.74) is 0. The summed E-state index contributed by atoms with van der Waals surface area (Å²) in [6, 6.07) is 2.10. The van der Waals surface area contributed by atoms with Gasteiger partial charge < -0.3 is 5.41 Å². The average Bonchev–Trinajstić information content (AvgIpc) is 1.85. The monoisotopic (exact) mass is 124 g/mol. The molecule has 0 bridgehead atoms. The number of nitrogens with one attached hydrogen (secondary N) is 1. The van der Waals surface area contributed by atoms with E-state index < -0.39 is 0 Å². The highest BCUT2D eigenvalue weighted by Crippen LogP contribution is 2.06. The van der Waals surface area contributed by atoms with Gasteiger partial charge in [0.15, 0.2) is 0 Å². The van der Waals surface area contributed by atoms with E-state index in [-0.39, 0.29) is 0 Å². The lowest BCUT2D eigenvalue weighted by molar-refractivity contribution is 0.561. The molecule has 0 saturated heterocycles. The van der Waals surface area contributed by atoms with Crippen LogP contribution in [0.3, 0.4) is 0 Å². The standard InChI is InChI=1S/C7H12N2/c1-7(4-6-9)3-2-5-8/h5,7-8H,2-4H2,1H3. The van der Waals surface area contributed by atoms with Crippen LogP contribution >= 0.6 is 0 Å². The Bertz CT molecular complexity index is 113. The summed E-state index contributed by atoms with van der Waals surface area (Å²) in [6.45, 7) is 2.03. The second-order valence-corrected chi connectivity index (χ2v) is 2.25. The van der Waals surface area contributed by atoms with Crippen molar-refractivity contribution in [2.45, 2.75) is 26.2 Å². The molecule has 0 spiro atoms. The molecule has 0 aliphatic heterocycles. The molecule has 9 heavy (non-hydrogen) atoms. The Kier molecular flexibility index (Phi) is 4.81. The Labute approximate surface area is 56.0 Å². The van der Waals surface area contributed by atoms with E-state index in [0.29, 0.717) is 12.3 Å². The summed E-state index contributed by atoms with van der Waals surface area (Å²) >= 11 is 0. The molecule has 0 rings (SSSR count). The van der Waals surface area contributed by atoms with E-state index in [0.717, 1.165) is 12.8 Å². The number of nitriles is 1. The van der Waals surface area contributed by atoms with Gasteiger partial charge in [-0.2, -0.15) is 5.26 Å². The summed E-state index contributed by atoms with van der Waals surface area (Å²) in [5, 5.41) is 14.9. The van der Waals surface area contributed by atoms with Crippen LogP contribution in [0.2, 0.25) is 0 Å². The first kappa shape index (κ1) is 8.16. The van der Waals surface area contributed by atoms with Crippen molar-refractivity contribution in [3.63, 3.8) is 0 Å². The van der Waals surface area contributed by atoms with Gasteiger partial charge in [-0.1, -0.05) is 6.92 Å². The van der Waals surface area contributed by atoms with Crippen molar-refractivity contribution in [2.24, 2.45) is 5.92 Å². The molecule has 0 amide bonds. The van der Waals surface area contributed by atoms with Crippen LogP contribution in [-0.4, -0.2) is 6.21 Å². The molecule has 0 saturated carbocycles. The molecule has 1 N–H and O–H groups in total. The molecule has 0 aliphatic rings. The zero-order valence-corrected chi connectivity index (χ0v) is 5.72. The molecule has 1 atom stereocenters. The number of hydrogen-bond donors (Lipinski definition) is 1. The van der Waals surface area contributed by atoms with Crippen LogP contribution in [0.1, 0.15) is 26.2 Å². The molecule has 2 nitrogen and oxygen atoms in total. The van der Waals surface area contributed by atoms with Gasteiger partial charge in [-0.3, -0.25) is 0 Å². The second-order valence-electron chi connectivity index (χ2n) is 2.25. The molecule has 0 fully saturated rings. The fraction of sp³-hybridized carbons (Fsp3) is 0.714. The predicted molar refractivity (Wildman–Crippen MR) is 37.4 cm³/mol. The normalized spacial score (nSPS) is 12.0. The number of rotatable bonds is 4. The molecule has 0 aliphatic carbocycles. The van der Waals surface area contributed by atoms with E-state index in [2.05, 4.69) is 6.07 Å². The minimum atomic E-state index is 0.455. The minimum absolute atomic E-state index is 0.455. The van der Waals surface area contributed by atoms with Crippen LogP contribution in [0, 0.1) is 22.7 Å². The first-order valence-electron chi connectivity index (χ1n) is 3.17. The zero-order valence-electron chi connectivity index (χ0n) is 5.72. The smallest absolute Gasteiger partial charge is 0.0624 e. The Morgan fingerprint density at radius 2 is 2.44 bits per heavy atom. The molecule has 0 aromatic heterocycles. The van der Waals surface area contributed by atoms with Crippen molar-refractivity contribution < 1.29 is 0 Å². The summed E-state index contributed by atoms with van der Waals surface area (Å²) in [7, 11) is 0. The van der Waals surface area contributed by atoms with Crippen LogP contribution in [0.15, 0.2) is 0 Å². The predicted octanol–water partition coefficient (Wildman–Crippen LogP) is 1.97. The lowest BCUT2D eigenvalue weighted by atomic mass is 10.0. The molecule has 0 aromatic rings. The largest absolute Gasteiger partial charge is 0.313 e. The fourth-order valence-electron chi connectivity index (χ4n) is 0.626. The average molecular weight is 124 g/mol. The van der Waals surface area contributed by atoms with Crippen molar-refractivity contribution >= 4 is 6.21 Å². The fourth-order valence-corrected chi connectivity index (χ4v) is 0.626. The van der Waals surface area contributed by atoms with Crippen molar-refractivity contribution in [2.75, 3.05) is 0 Å². The van der Waals surface area contributed by atoms with Gasteiger partial charge in [0, 0.05) is 6.42 Å². The van der Waals surface area contributed by atoms with Gasteiger partial charge in [-0.25, -0.2) is 0 Å². The quantitative estimate of drug-likeness (QED) is 0.572. The van der Waals surface area contributed by atoms with E-state index in [1.54, 1.807) is 0 Å². The first-order valence-corrected chi connectivity index (χ1v) is 3.17. The van der Waals surface area contributed by atoms with Gasteiger partial charge in [0.2, 0.25) is 0 Å². The number of nitrogens with zero attached hydrogens (tertiary/aromatic N) is 1. The third-order valence-electron chi connectivity index (χ3n) is 1.24. The Balaban J connectivity index is 3.17. The minimum Gasteiger partial charge on any atom is -0.313 e. The Morgan fingerprint density at radius 1 is 1.78 bits per heavy atom. The van der Waals surface area contributed by atoms with Crippen molar-refractivity contribution in [1.29, 1.82) is 10.7 Å². The Morgan fingerprint density at radius 3 is 2.89 bits per heavy atom. The summed E-state index contributed by atoms with van der Waals surface area (Å²) in [4.78, 5) is 0. The molecule has 50 valence electrons. The highest BCUT2D eigenvalue weighted by Gasteiger charge is 1.97. The van der Waals surface area contributed by atoms with Crippen LogP contribution in [0.5, 0.6) is 0 Å². The molecule has 0 radical (unpaired) electrons. The molecule has 0 heterocycles. The van der Waals surface area contributed by atoms with Gasteiger partial charge in [-0.05, 0) is 25.0 Å². The van der Waals surface area contributed by atoms with Crippen molar-refractivity contribution in [1.82, 2.24) is 0 Å². The lowest BCUT2D eigenvalue weighted by Crippen LogP contribution is -1.92. The maximum absolute atomic E-state index is 8.23. The first-order chi connectivity index (χ1) is 4.31. The molecular formula is C7H12N2. The molecular weight excluding hydrogens is 112 g/mol. The van der Waals surface area contributed by atoms with Gasteiger partial charge >= 0.3 is 0 Å². The van der Waals surface area contributed by atoms with Gasteiger partial charge in [-0.15, -0.1) is 0 Å². The number of hydrogen-bond acceptors (Lipinski definition) is 2. The lowest BCUT2D eigenvalue weighted by Gasteiger charge is -2.01. The summed E-state index contributed by atoms with van der Waals surface area (Å²) in [6.07, 6.45) is 3.79. The van der Waals surface area contributed by atoms with E-state index in [1.807, 2.05) is 6.92 Å². The van der Waals surface area contributed by atoms with Gasteiger partial charge in [0.05, 0.1) is 6.07 Å². The van der Waals surface area contributed by atoms with Crippen molar-refractivity contribution in [3.8, 4) is 6.07 Å².